The van der Waals surface area contributed by atoms with E-state index >= 15 is 0 Å². The third-order valence-electron chi connectivity index (χ3n) is 3.82. The van der Waals surface area contributed by atoms with Gasteiger partial charge in [-0.05, 0) is 60.9 Å². The SMILES string of the molecule is CCCCCOc1ccc(OC(=O)C=Cc2ccc(OCCC)cc2)cc1. The summed E-state index contributed by atoms with van der Waals surface area (Å²) in [6.07, 6.45) is 7.48. The normalized spacial score (nSPS) is 10.7. The molecule has 0 unspecified atom stereocenters. The summed E-state index contributed by atoms with van der Waals surface area (Å²) >= 11 is 0. The fourth-order valence-corrected chi connectivity index (χ4v) is 2.36. The monoisotopic (exact) mass is 368 g/mol. The molecule has 2 rings (SSSR count). The molecular formula is C23H28O4. The van der Waals surface area contributed by atoms with Crippen LogP contribution in [0.4, 0.5) is 0 Å². The molecule has 144 valence electrons. The summed E-state index contributed by atoms with van der Waals surface area (Å²) in [7, 11) is 0. The molecule has 0 heterocycles. The van der Waals surface area contributed by atoms with E-state index in [4.69, 9.17) is 14.2 Å². The van der Waals surface area contributed by atoms with Gasteiger partial charge in [-0.2, -0.15) is 0 Å². The number of hydrogen-bond acceptors (Lipinski definition) is 4. The Balaban J connectivity index is 1.79. The minimum atomic E-state index is -0.419. The lowest BCUT2D eigenvalue weighted by Gasteiger charge is -2.07. The summed E-state index contributed by atoms with van der Waals surface area (Å²) < 4.78 is 16.5. The Kier molecular flexibility index (Phi) is 8.98. The van der Waals surface area contributed by atoms with Gasteiger partial charge >= 0.3 is 5.97 Å². The van der Waals surface area contributed by atoms with Crippen LogP contribution in [-0.4, -0.2) is 19.2 Å². The maximum Gasteiger partial charge on any atom is 0.336 e. The lowest BCUT2D eigenvalue weighted by Crippen LogP contribution is -2.03. The molecule has 0 radical (unpaired) electrons. The lowest BCUT2D eigenvalue weighted by atomic mass is 10.2. The van der Waals surface area contributed by atoms with Crippen LogP contribution in [0.1, 0.15) is 45.1 Å². The van der Waals surface area contributed by atoms with Crippen molar-refractivity contribution >= 4 is 12.0 Å². The molecule has 2 aromatic carbocycles. The Morgan fingerprint density at radius 3 is 2.00 bits per heavy atom. The second kappa shape index (κ2) is 11.8. The number of carbonyl (C=O) groups excluding carboxylic acids is 1. The molecule has 27 heavy (non-hydrogen) atoms. The summed E-state index contributed by atoms with van der Waals surface area (Å²) in [6.45, 7) is 5.63. The van der Waals surface area contributed by atoms with E-state index in [2.05, 4.69) is 13.8 Å². The summed E-state index contributed by atoms with van der Waals surface area (Å²) in [4.78, 5) is 12.0. The van der Waals surface area contributed by atoms with Gasteiger partial charge in [-0.25, -0.2) is 4.79 Å². The topological polar surface area (TPSA) is 44.8 Å². The largest absolute Gasteiger partial charge is 0.494 e. The Labute approximate surface area is 161 Å². The summed E-state index contributed by atoms with van der Waals surface area (Å²) in [6, 6.07) is 14.7. The van der Waals surface area contributed by atoms with Crippen molar-refractivity contribution in [1.29, 1.82) is 0 Å². The van der Waals surface area contributed by atoms with Gasteiger partial charge in [-0.3, -0.25) is 0 Å². The smallest absolute Gasteiger partial charge is 0.336 e. The molecule has 0 amide bonds. The molecule has 0 aliphatic carbocycles. The predicted octanol–water partition coefficient (Wildman–Crippen LogP) is 5.66. The minimum absolute atomic E-state index is 0.419. The molecule has 0 saturated carbocycles. The number of esters is 1. The highest BCUT2D eigenvalue weighted by atomic mass is 16.5. The van der Waals surface area contributed by atoms with Gasteiger partial charge in [-0.1, -0.05) is 38.8 Å². The fourth-order valence-electron chi connectivity index (χ4n) is 2.36. The average Bonchev–Trinajstić information content (AvgIpc) is 2.70. The average molecular weight is 368 g/mol. The second-order valence-electron chi connectivity index (χ2n) is 6.20. The maximum atomic E-state index is 12.0. The highest BCUT2D eigenvalue weighted by Crippen LogP contribution is 2.18. The Morgan fingerprint density at radius 2 is 1.37 bits per heavy atom. The van der Waals surface area contributed by atoms with Gasteiger partial charge in [0, 0.05) is 6.08 Å². The van der Waals surface area contributed by atoms with Crippen LogP contribution in [0.2, 0.25) is 0 Å². The second-order valence-corrected chi connectivity index (χ2v) is 6.20. The first-order valence-electron chi connectivity index (χ1n) is 9.57. The van der Waals surface area contributed by atoms with Crippen LogP contribution in [0.5, 0.6) is 17.2 Å². The number of ether oxygens (including phenoxy) is 3. The summed E-state index contributed by atoms with van der Waals surface area (Å²) in [5, 5.41) is 0. The molecule has 4 nitrogen and oxygen atoms in total. The number of unbranched alkanes of at least 4 members (excludes halogenated alkanes) is 2. The fraction of sp³-hybridized carbons (Fsp3) is 0.348. The van der Waals surface area contributed by atoms with Crippen LogP contribution in [0, 0.1) is 0 Å². The van der Waals surface area contributed by atoms with Gasteiger partial charge < -0.3 is 14.2 Å². The van der Waals surface area contributed by atoms with Gasteiger partial charge in [0.05, 0.1) is 13.2 Å². The van der Waals surface area contributed by atoms with Crippen molar-refractivity contribution in [3.63, 3.8) is 0 Å². The molecule has 4 heteroatoms. The van der Waals surface area contributed by atoms with Crippen molar-refractivity contribution in [1.82, 2.24) is 0 Å². The van der Waals surface area contributed by atoms with Crippen molar-refractivity contribution in [2.24, 2.45) is 0 Å². The zero-order valence-electron chi connectivity index (χ0n) is 16.1. The molecule has 0 bridgehead atoms. The van der Waals surface area contributed by atoms with Crippen LogP contribution < -0.4 is 14.2 Å². The van der Waals surface area contributed by atoms with E-state index in [0.29, 0.717) is 19.0 Å². The molecule has 0 N–H and O–H groups in total. The molecule has 2 aromatic rings. The van der Waals surface area contributed by atoms with Crippen molar-refractivity contribution in [2.45, 2.75) is 39.5 Å². The third-order valence-corrected chi connectivity index (χ3v) is 3.82. The lowest BCUT2D eigenvalue weighted by molar-refractivity contribution is -0.128. The van der Waals surface area contributed by atoms with Gasteiger partial charge in [0.15, 0.2) is 0 Å². The van der Waals surface area contributed by atoms with Crippen LogP contribution in [-0.2, 0) is 4.79 Å². The van der Waals surface area contributed by atoms with E-state index < -0.39 is 5.97 Å². The number of benzene rings is 2. The van der Waals surface area contributed by atoms with E-state index in [1.807, 2.05) is 36.4 Å². The quantitative estimate of drug-likeness (QED) is 0.222. The number of carbonyl (C=O) groups is 1. The Bertz CT molecular complexity index is 702. The van der Waals surface area contributed by atoms with Gasteiger partial charge in [0.25, 0.3) is 0 Å². The first-order chi connectivity index (χ1) is 13.2. The standard InChI is InChI=1S/C23H28O4/c1-3-5-6-18-26-21-12-14-22(15-13-21)27-23(24)16-9-19-7-10-20(11-8-19)25-17-4-2/h7-16H,3-6,17-18H2,1-2H3. The Hall–Kier alpha value is -2.75. The third kappa shape index (κ3) is 7.99. The van der Waals surface area contributed by atoms with Crippen molar-refractivity contribution in [3.05, 3.63) is 60.2 Å². The van der Waals surface area contributed by atoms with Crippen LogP contribution >= 0.6 is 0 Å². The van der Waals surface area contributed by atoms with E-state index in [1.54, 1.807) is 18.2 Å². The molecule has 0 spiro atoms. The van der Waals surface area contributed by atoms with Crippen molar-refractivity contribution in [2.75, 3.05) is 13.2 Å². The predicted molar refractivity (Wildman–Crippen MR) is 108 cm³/mol. The van der Waals surface area contributed by atoms with E-state index in [-0.39, 0.29) is 0 Å². The highest BCUT2D eigenvalue weighted by molar-refractivity contribution is 5.88. The zero-order valence-corrected chi connectivity index (χ0v) is 16.1. The number of rotatable bonds is 11. The van der Waals surface area contributed by atoms with Crippen molar-refractivity contribution in [3.8, 4) is 17.2 Å². The molecule has 0 aromatic heterocycles. The van der Waals surface area contributed by atoms with Crippen molar-refractivity contribution < 1.29 is 19.0 Å². The first-order valence-corrected chi connectivity index (χ1v) is 9.57. The van der Waals surface area contributed by atoms with Gasteiger partial charge in [-0.15, -0.1) is 0 Å². The van der Waals surface area contributed by atoms with E-state index in [9.17, 15) is 4.79 Å². The van der Waals surface area contributed by atoms with Crippen LogP contribution in [0.15, 0.2) is 54.6 Å². The summed E-state index contributed by atoms with van der Waals surface area (Å²) in [5.74, 6) is 1.69. The molecule has 0 saturated heterocycles. The molecule has 0 aliphatic heterocycles. The molecule has 0 aliphatic rings. The van der Waals surface area contributed by atoms with Crippen LogP contribution in [0.3, 0.4) is 0 Å². The first kappa shape index (κ1) is 20.6. The molecule has 0 atom stereocenters. The number of hydrogen-bond donors (Lipinski definition) is 0. The molecular weight excluding hydrogens is 340 g/mol. The van der Waals surface area contributed by atoms with E-state index in [0.717, 1.165) is 36.3 Å². The summed E-state index contributed by atoms with van der Waals surface area (Å²) in [5.41, 5.74) is 0.909. The zero-order chi connectivity index (χ0) is 19.3. The van der Waals surface area contributed by atoms with E-state index in [1.165, 1.54) is 12.5 Å². The van der Waals surface area contributed by atoms with Gasteiger partial charge in [0.1, 0.15) is 17.2 Å². The Morgan fingerprint density at radius 1 is 0.778 bits per heavy atom. The maximum absolute atomic E-state index is 12.0. The van der Waals surface area contributed by atoms with Gasteiger partial charge in [0.2, 0.25) is 0 Å². The highest BCUT2D eigenvalue weighted by Gasteiger charge is 2.02. The minimum Gasteiger partial charge on any atom is -0.494 e. The molecule has 0 fully saturated rings. The van der Waals surface area contributed by atoms with Crippen LogP contribution in [0.25, 0.3) is 6.08 Å².